The average molecular weight is 909 g/mol. The third-order valence-corrected chi connectivity index (χ3v) is 19.6. The summed E-state index contributed by atoms with van der Waals surface area (Å²) in [4.78, 5) is 0. The van der Waals surface area contributed by atoms with Crippen LogP contribution < -0.4 is 25.5 Å². The van der Waals surface area contributed by atoms with E-state index in [9.17, 15) is 0 Å². The van der Waals surface area contributed by atoms with E-state index in [2.05, 4.69) is 276 Å². The third-order valence-electron chi connectivity index (χ3n) is 14.7. The number of benzene rings is 11. The Balaban J connectivity index is 0.962. The summed E-state index contributed by atoms with van der Waals surface area (Å²) in [6.07, 6.45) is 0. The van der Waals surface area contributed by atoms with Crippen molar-refractivity contribution in [3.05, 3.63) is 267 Å². The van der Waals surface area contributed by atoms with E-state index in [4.69, 9.17) is 4.74 Å². The molecule has 0 fully saturated rings. The SMILES string of the molecule is c1ccc(-c2cccc(-c3cccc4c3[Si](c3ccc(-c5ccc(-n6c7ccccc7c7ccccc76)cc5)cc3)(c3ccc(-n5c6ccccc6c6ccccc65)cc3)c3ccccc3O4)c2)cc1. The summed E-state index contributed by atoms with van der Waals surface area (Å²) in [5, 5.41) is 10.1. The highest BCUT2D eigenvalue weighted by atomic mass is 28.3. The van der Waals surface area contributed by atoms with Gasteiger partial charge in [0.15, 0.2) is 8.07 Å². The lowest BCUT2D eigenvalue weighted by Gasteiger charge is -2.41. The van der Waals surface area contributed by atoms with Gasteiger partial charge in [-0.2, -0.15) is 0 Å². The maximum Gasteiger partial charge on any atom is 0.189 e. The molecule has 11 aromatic carbocycles. The van der Waals surface area contributed by atoms with Gasteiger partial charge >= 0.3 is 0 Å². The third kappa shape index (κ3) is 6.13. The highest BCUT2D eigenvalue weighted by molar-refractivity contribution is 7.21. The Morgan fingerprint density at radius 3 is 1.26 bits per heavy atom. The second kappa shape index (κ2) is 16.1. The predicted octanol–water partition coefficient (Wildman–Crippen LogP) is 14.4. The minimum Gasteiger partial charge on any atom is -0.458 e. The van der Waals surface area contributed by atoms with Gasteiger partial charge in [0.25, 0.3) is 0 Å². The van der Waals surface area contributed by atoms with Crippen molar-refractivity contribution in [3.63, 3.8) is 0 Å². The van der Waals surface area contributed by atoms with Crippen molar-refractivity contribution in [2.45, 2.75) is 0 Å². The van der Waals surface area contributed by atoms with Crippen LogP contribution in [0.4, 0.5) is 0 Å². The molecule has 0 saturated heterocycles. The van der Waals surface area contributed by atoms with Crippen LogP contribution in [0.5, 0.6) is 11.5 Å². The van der Waals surface area contributed by atoms with Crippen LogP contribution in [-0.2, 0) is 0 Å². The molecule has 14 rings (SSSR count). The summed E-state index contributed by atoms with van der Waals surface area (Å²) in [5.41, 5.74) is 14.2. The Morgan fingerprint density at radius 2 is 0.686 bits per heavy atom. The molecule has 0 amide bonds. The van der Waals surface area contributed by atoms with Crippen LogP contribution in [0.1, 0.15) is 0 Å². The second-order valence-electron chi connectivity index (χ2n) is 18.4. The minimum atomic E-state index is -3.17. The molecule has 3 nitrogen and oxygen atoms in total. The number of aromatic nitrogens is 2. The number of nitrogens with zero attached hydrogens (tertiary/aromatic N) is 2. The van der Waals surface area contributed by atoms with Gasteiger partial charge in [-0.3, -0.25) is 0 Å². The van der Waals surface area contributed by atoms with Crippen LogP contribution in [0.3, 0.4) is 0 Å². The molecule has 0 radical (unpaired) electrons. The Labute approximate surface area is 407 Å². The smallest absolute Gasteiger partial charge is 0.189 e. The van der Waals surface area contributed by atoms with Crippen molar-refractivity contribution in [2.75, 3.05) is 0 Å². The summed E-state index contributed by atoms with van der Waals surface area (Å²) >= 11 is 0. The number of hydrogen-bond acceptors (Lipinski definition) is 1. The lowest BCUT2D eigenvalue weighted by molar-refractivity contribution is 0.487. The van der Waals surface area contributed by atoms with Crippen LogP contribution in [-0.4, -0.2) is 17.2 Å². The molecule has 3 heterocycles. The fraction of sp³-hybridized carbons (Fsp3) is 0. The molecule has 1 atom stereocenters. The largest absolute Gasteiger partial charge is 0.458 e. The van der Waals surface area contributed by atoms with Crippen LogP contribution in [0.25, 0.3) is 88.4 Å². The number of ether oxygens (including phenoxy) is 1. The molecular formula is C66H44N2OSi. The van der Waals surface area contributed by atoms with Gasteiger partial charge in [0.05, 0.1) is 22.1 Å². The van der Waals surface area contributed by atoms with E-state index in [1.165, 1.54) is 97.7 Å². The first-order chi connectivity index (χ1) is 34.7. The first-order valence-electron chi connectivity index (χ1n) is 24.1. The molecule has 1 aliphatic heterocycles. The standard InChI is InChI=1S/C66H44N2OSi/c1-2-16-45(17-3-1)48-18-14-19-49(44-48)54-24-15-30-64-66(54)70(65-31-13-12-29-63(65)69-64,53-42-38-51(39-43-53)68-61-27-10-6-22-57(61)58-23-7-11-28-62(58)68)52-40-34-47(35-41-52)46-32-36-50(37-33-46)67-59-25-8-4-20-55(59)56-21-5-9-26-60(56)67/h1-44H. The zero-order valence-electron chi connectivity index (χ0n) is 38.2. The van der Waals surface area contributed by atoms with E-state index >= 15 is 0 Å². The summed E-state index contributed by atoms with van der Waals surface area (Å²) in [7, 11) is -3.17. The summed E-state index contributed by atoms with van der Waals surface area (Å²) < 4.78 is 11.8. The zero-order chi connectivity index (χ0) is 46.2. The number of fused-ring (bicyclic) bond motifs is 8. The molecule has 13 aromatic rings. The molecular weight excluding hydrogens is 865 g/mol. The fourth-order valence-electron chi connectivity index (χ4n) is 11.6. The second-order valence-corrected chi connectivity index (χ2v) is 22.1. The maximum absolute atomic E-state index is 7.05. The monoisotopic (exact) mass is 908 g/mol. The Hall–Kier alpha value is -8.96. The van der Waals surface area contributed by atoms with E-state index in [1.807, 2.05) is 0 Å². The molecule has 0 spiro atoms. The molecule has 0 N–H and O–H groups in total. The summed E-state index contributed by atoms with van der Waals surface area (Å²) in [6, 6.07) is 98.1. The summed E-state index contributed by atoms with van der Waals surface area (Å²) in [6.45, 7) is 0. The molecule has 328 valence electrons. The number of rotatable bonds is 7. The zero-order valence-corrected chi connectivity index (χ0v) is 39.2. The Bertz CT molecular complexity index is 4030. The number of hydrogen-bond donors (Lipinski definition) is 0. The normalized spacial score (nSPS) is 14.2. The van der Waals surface area contributed by atoms with Crippen molar-refractivity contribution in [1.82, 2.24) is 9.13 Å². The van der Waals surface area contributed by atoms with E-state index in [-0.39, 0.29) is 0 Å². The van der Waals surface area contributed by atoms with Crippen LogP contribution in [0.15, 0.2) is 267 Å². The number of para-hydroxylation sites is 5. The highest BCUT2D eigenvalue weighted by Gasteiger charge is 2.49. The topological polar surface area (TPSA) is 19.1 Å². The first-order valence-corrected chi connectivity index (χ1v) is 26.1. The lowest BCUT2D eigenvalue weighted by Crippen LogP contribution is -2.76. The van der Waals surface area contributed by atoms with Crippen molar-refractivity contribution < 1.29 is 4.74 Å². The van der Waals surface area contributed by atoms with Gasteiger partial charge in [0, 0.05) is 38.1 Å². The van der Waals surface area contributed by atoms with Crippen molar-refractivity contribution in [3.8, 4) is 56.3 Å². The van der Waals surface area contributed by atoms with Crippen LogP contribution >= 0.6 is 0 Å². The molecule has 0 saturated carbocycles. The van der Waals surface area contributed by atoms with Gasteiger partial charge in [0.1, 0.15) is 11.5 Å². The Kier molecular flexibility index (Phi) is 9.23. The highest BCUT2D eigenvalue weighted by Crippen LogP contribution is 2.38. The van der Waals surface area contributed by atoms with Crippen molar-refractivity contribution in [1.29, 1.82) is 0 Å². The molecule has 4 heteroatoms. The van der Waals surface area contributed by atoms with Gasteiger partial charge in [-0.1, -0.05) is 200 Å². The molecule has 0 bridgehead atoms. The lowest BCUT2D eigenvalue weighted by atomic mass is 9.99. The van der Waals surface area contributed by atoms with Crippen LogP contribution in [0.2, 0.25) is 0 Å². The average Bonchev–Trinajstić information content (AvgIpc) is 3.96. The fourth-order valence-corrected chi connectivity index (χ4v) is 16.7. The maximum atomic E-state index is 7.05. The van der Waals surface area contributed by atoms with E-state index in [0.29, 0.717) is 0 Å². The molecule has 70 heavy (non-hydrogen) atoms. The molecule has 2 aromatic heterocycles. The van der Waals surface area contributed by atoms with E-state index in [0.717, 1.165) is 22.9 Å². The quantitative estimate of drug-likeness (QED) is 0.146. The van der Waals surface area contributed by atoms with Crippen molar-refractivity contribution >= 4 is 72.4 Å². The van der Waals surface area contributed by atoms with E-state index < -0.39 is 8.07 Å². The summed E-state index contributed by atoms with van der Waals surface area (Å²) in [5.74, 6) is 1.82. The van der Waals surface area contributed by atoms with Gasteiger partial charge in [-0.25, -0.2) is 0 Å². The van der Waals surface area contributed by atoms with Gasteiger partial charge in [0.2, 0.25) is 0 Å². The minimum absolute atomic E-state index is 0.907. The molecule has 0 aliphatic carbocycles. The van der Waals surface area contributed by atoms with Gasteiger partial charge < -0.3 is 13.9 Å². The predicted molar refractivity (Wildman–Crippen MR) is 295 cm³/mol. The van der Waals surface area contributed by atoms with Gasteiger partial charge in [-0.05, 0) is 116 Å². The van der Waals surface area contributed by atoms with Crippen LogP contribution in [0, 0.1) is 0 Å². The first kappa shape index (κ1) is 40.1. The van der Waals surface area contributed by atoms with E-state index in [1.54, 1.807) is 0 Å². The van der Waals surface area contributed by atoms with Crippen molar-refractivity contribution in [2.24, 2.45) is 0 Å². The van der Waals surface area contributed by atoms with Gasteiger partial charge in [-0.15, -0.1) is 0 Å². The molecule has 1 unspecified atom stereocenters. The Morgan fingerprint density at radius 1 is 0.286 bits per heavy atom. The molecule has 1 aliphatic rings.